The Morgan fingerprint density at radius 3 is 2.37 bits per heavy atom. The fourth-order valence-corrected chi connectivity index (χ4v) is 2.55. The van der Waals surface area contributed by atoms with Gasteiger partial charge in [0.05, 0.1) is 0 Å². The van der Waals surface area contributed by atoms with E-state index in [1.807, 2.05) is 31.4 Å². The minimum absolute atomic E-state index is 0.0548. The molecule has 3 aromatic rings. The summed E-state index contributed by atoms with van der Waals surface area (Å²) in [6.07, 6.45) is 2.93. The zero-order valence-electron chi connectivity index (χ0n) is 14.9. The second kappa shape index (κ2) is 9.98. The highest BCUT2D eigenvalue weighted by Crippen LogP contribution is 2.30. The van der Waals surface area contributed by atoms with Gasteiger partial charge >= 0.3 is 11.9 Å². The fraction of sp³-hybridized carbons (Fsp3) is 0.200. The van der Waals surface area contributed by atoms with Crippen molar-refractivity contribution in [1.29, 1.82) is 0 Å². The number of benzene rings is 2. The second-order valence-electron chi connectivity index (χ2n) is 5.71. The molecule has 0 radical (unpaired) electrons. The molecule has 1 atom stereocenters. The summed E-state index contributed by atoms with van der Waals surface area (Å²) >= 11 is 0. The zero-order chi connectivity index (χ0) is 19.6. The van der Waals surface area contributed by atoms with E-state index in [4.69, 9.17) is 24.5 Å². The van der Waals surface area contributed by atoms with Crippen LogP contribution in [-0.2, 0) is 9.59 Å². The number of carboxylic acid groups (broad SMARTS) is 2. The first-order valence-electron chi connectivity index (χ1n) is 8.41. The number of aromatic nitrogens is 1. The molecule has 142 valence electrons. The molecule has 2 aromatic carbocycles. The number of hydrogen-bond donors (Lipinski definition) is 4. The summed E-state index contributed by atoms with van der Waals surface area (Å²) in [7, 11) is 1.97. The lowest BCUT2D eigenvalue weighted by molar-refractivity contribution is -0.159. The molecule has 7 heteroatoms. The Labute approximate surface area is 156 Å². The molecule has 4 N–H and O–H groups in total. The second-order valence-corrected chi connectivity index (χ2v) is 5.71. The highest BCUT2D eigenvalue weighted by Gasteiger charge is 2.14. The number of hydrogen-bond acceptors (Lipinski definition) is 4. The maximum atomic E-state index is 9.10. The molecule has 0 aliphatic rings. The lowest BCUT2D eigenvalue weighted by Gasteiger charge is -2.20. The summed E-state index contributed by atoms with van der Waals surface area (Å²) in [5.41, 5.74) is 2.31. The molecule has 0 saturated carbocycles. The molecule has 27 heavy (non-hydrogen) atoms. The number of carbonyl (C=O) groups is 2. The zero-order valence-corrected chi connectivity index (χ0v) is 14.9. The quantitative estimate of drug-likeness (QED) is 0.496. The van der Waals surface area contributed by atoms with Gasteiger partial charge in [-0.2, -0.15) is 0 Å². The van der Waals surface area contributed by atoms with Gasteiger partial charge in [-0.05, 0) is 37.4 Å². The normalized spacial score (nSPS) is 11.3. The predicted molar refractivity (Wildman–Crippen MR) is 102 cm³/mol. The molecule has 0 fully saturated rings. The van der Waals surface area contributed by atoms with E-state index in [0.29, 0.717) is 0 Å². The number of carboxylic acids is 2. The van der Waals surface area contributed by atoms with Crippen LogP contribution in [0.25, 0.3) is 10.9 Å². The molecule has 0 saturated heterocycles. The molecule has 1 aromatic heterocycles. The number of fused-ring (bicyclic) bond motifs is 1. The average molecular weight is 370 g/mol. The van der Waals surface area contributed by atoms with Crippen molar-refractivity contribution in [3.8, 4) is 5.75 Å². The third kappa shape index (κ3) is 5.86. The lowest BCUT2D eigenvalue weighted by atomic mass is 10.1. The first kappa shape index (κ1) is 20.0. The minimum atomic E-state index is -1.82. The average Bonchev–Trinajstić information content (AvgIpc) is 3.16. The van der Waals surface area contributed by atoms with E-state index in [-0.39, 0.29) is 6.10 Å². The van der Waals surface area contributed by atoms with Crippen LogP contribution in [0, 0.1) is 0 Å². The highest BCUT2D eigenvalue weighted by atomic mass is 16.5. The Morgan fingerprint density at radius 1 is 1.04 bits per heavy atom. The minimum Gasteiger partial charge on any atom is -0.485 e. The summed E-state index contributed by atoms with van der Waals surface area (Å²) in [6, 6.07) is 18.6. The van der Waals surface area contributed by atoms with Gasteiger partial charge in [0.25, 0.3) is 0 Å². The number of H-pyrrole nitrogens is 1. The van der Waals surface area contributed by atoms with E-state index in [9.17, 15) is 0 Å². The van der Waals surface area contributed by atoms with E-state index >= 15 is 0 Å². The lowest BCUT2D eigenvalue weighted by Crippen LogP contribution is -2.16. The highest BCUT2D eigenvalue weighted by molar-refractivity contribution is 6.27. The fourth-order valence-electron chi connectivity index (χ4n) is 2.55. The summed E-state index contributed by atoms with van der Waals surface area (Å²) in [5, 5.41) is 19.1. The Bertz CT molecular complexity index is 864. The Morgan fingerprint density at radius 2 is 1.74 bits per heavy atom. The predicted octanol–water partition coefficient (Wildman–Crippen LogP) is 3.05. The number of rotatable bonds is 6. The summed E-state index contributed by atoms with van der Waals surface area (Å²) in [4.78, 5) is 21.4. The SMILES string of the molecule is CNCC[C@H](Oc1cccc2[nH]ccc12)c1ccccc1.O=C(O)C(=O)O. The summed E-state index contributed by atoms with van der Waals surface area (Å²) < 4.78 is 6.31. The van der Waals surface area contributed by atoms with Gasteiger partial charge in [-0.3, -0.25) is 0 Å². The molecular weight excluding hydrogens is 348 g/mol. The van der Waals surface area contributed by atoms with Gasteiger partial charge in [-0.15, -0.1) is 0 Å². The molecule has 7 nitrogen and oxygen atoms in total. The Hall–Kier alpha value is -3.32. The molecule has 1 heterocycles. The van der Waals surface area contributed by atoms with Gasteiger partial charge in [0, 0.05) is 23.5 Å². The molecule has 0 bridgehead atoms. The number of nitrogens with one attached hydrogen (secondary N) is 2. The van der Waals surface area contributed by atoms with Crippen molar-refractivity contribution in [2.24, 2.45) is 0 Å². The van der Waals surface area contributed by atoms with Crippen molar-refractivity contribution in [2.75, 3.05) is 13.6 Å². The monoisotopic (exact) mass is 370 g/mol. The Kier molecular flexibility index (Phi) is 7.39. The topological polar surface area (TPSA) is 112 Å². The summed E-state index contributed by atoms with van der Waals surface area (Å²) in [5.74, 6) is -2.72. The van der Waals surface area contributed by atoms with E-state index in [1.54, 1.807) is 0 Å². The maximum absolute atomic E-state index is 9.10. The third-order valence-electron chi connectivity index (χ3n) is 3.84. The van der Waals surface area contributed by atoms with Gasteiger partial charge in [0.15, 0.2) is 0 Å². The number of aliphatic carboxylic acids is 2. The van der Waals surface area contributed by atoms with E-state index < -0.39 is 11.9 Å². The van der Waals surface area contributed by atoms with Crippen LogP contribution >= 0.6 is 0 Å². The first-order chi connectivity index (χ1) is 13.0. The molecular formula is C20H22N2O5. The van der Waals surface area contributed by atoms with Crippen molar-refractivity contribution >= 4 is 22.8 Å². The van der Waals surface area contributed by atoms with Crippen LogP contribution in [-0.4, -0.2) is 40.7 Å². The van der Waals surface area contributed by atoms with Crippen molar-refractivity contribution in [2.45, 2.75) is 12.5 Å². The van der Waals surface area contributed by atoms with Crippen LogP contribution in [0.4, 0.5) is 0 Å². The van der Waals surface area contributed by atoms with Gasteiger partial charge in [-0.1, -0.05) is 36.4 Å². The van der Waals surface area contributed by atoms with Gasteiger partial charge in [0.1, 0.15) is 11.9 Å². The van der Waals surface area contributed by atoms with Crippen molar-refractivity contribution in [3.63, 3.8) is 0 Å². The van der Waals surface area contributed by atoms with Crippen molar-refractivity contribution < 1.29 is 24.5 Å². The first-order valence-corrected chi connectivity index (χ1v) is 8.41. The molecule has 0 aliphatic heterocycles. The molecule has 0 aliphatic carbocycles. The van der Waals surface area contributed by atoms with E-state index in [2.05, 4.69) is 46.7 Å². The van der Waals surface area contributed by atoms with Crippen LogP contribution in [0.3, 0.4) is 0 Å². The Balaban J connectivity index is 0.000000380. The van der Waals surface area contributed by atoms with Gasteiger partial charge in [-0.25, -0.2) is 9.59 Å². The number of ether oxygens (including phenoxy) is 1. The maximum Gasteiger partial charge on any atom is 0.414 e. The molecule has 0 spiro atoms. The number of aromatic amines is 1. The standard InChI is InChI=1S/C18H20N2O.C2H2O4/c1-19-12-11-17(14-6-3-2-4-7-14)21-18-9-5-8-16-15(18)10-13-20-16;3-1(4)2(5)6/h2-10,13,17,19-20H,11-12H2,1H3;(H,3,4)(H,5,6)/t17-;/m0./s1. The van der Waals surface area contributed by atoms with E-state index in [1.165, 1.54) is 5.56 Å². The molecule has 0 unspecified atom stereocenters. The molecule has 3 rings (SSSR count). The van der Waals surface area contributed by atoms with Crippen molar-refractivity contribution in [3.05, 3.63) is 66.4 Å². The van der Waals surface area contributed by atoms with Crippen LogP contribution < -0.4 is 10.1 Å². The largest absolute Gasteiger partial charge is 0.485 e. The smallest absolute Gasteiger partial charge is 0.414 e. The van der Waals surface area contributed by atoms with Crippen molar-refractivity contribution in [1.82, 2.24) is 10.3 Å². The van der Waals surface area contributed by atoms with Crippen LogP contribution in [0.2, 0.25) is 0 Å². The van der Waals surface area contributed by atoms with Crippen LogP contribution in [0.5, 0.6) is 5.75 Å². The van der Waals surface area contributed by atoms with Gasteiger partial charge in [0.2, 0.25) is 0 Å². The van der Waals surface area contributed by atoms with Crippen LogP contribution in [0.1, 0.15) is 18.1 Å². The van der Waals surface area contributed by atoms with Crippen LogP contribution in [0.15, 0.2) is 60.8 Å². The third-order valence-corrected chi connectivity index (χ3v) is 3.84. The van der Waals surface area contributed by atoms with E-state index in [0.717, 1.165) is 29.6 Å². The molecule has 0 amide bonds. The van der Waals surface area contributed by atoms with Gasteiger partial charge < -0.3 is 25.3 Å². The summed E-state index contributed by atoms with van der Waals surface area (Å²) in [6.45, 7) is 0.919.